The van der Waals surface area contributed by atoms with Crippen LogP contribution >= 0.6 is 0 Å². The molecule has 0 saturated carbocycles. The molecule has 0 heterocycles. The number of amides is 2. The zero-order chi connectivity index (χ0) is 19.8. The molecule has 0 aliphatic carbocycles. The number of nitrogens with zero attached hydrogens (tertiary/aromatic N) is 2. The van der Waals surface area contributed by atoms with E-state index in [1.807, 2.05) is 56.3 Å². The average Bonchev–Trinajstić information content (AvgIpc) is 2.66. The van der Waals surface area contributed by atoms with Gasteiger partial charge >= 0.3 is 11.8 Å². The summed E-state index contributed by atoms with van der Waals surface area (Å²) in [6.07, 6.45) is 1.51. The Hall–Kier alpha value is -3.15. The molecule has 0 spiro atoms. The Morgan fingerprint density at radius 2 is 1.67 bits per heavy atom. The van der Waals surface area contributed by atoms with Crippen LogP contribution in [0, 0.1) is 13.8 Å². The second-order valence-electron chi connectivity index (χ2n) is 6.24. The largest absolute Gasteiger partial charge is 0.372 e. The summed E-state index contributed by atoms with van der Waals surface area (Å²) in [6.45, 7) is 9.89. The Morgan fingerprint density at radius 3 is 2.30 bits per heavy atom. The Kier molecular flexibility index (Phi) is 7.11. The highest BCUT2D eigenvalue weighted by Gasteiger charge is 2.14. The molecule has 142 valence electrons. The van der Waals surface area contributed by atoms with Crippen molar-refractivity contribution in [2.45, 2.75) is 27.7 Å². The summed E-state index contributed by atoms with van der Waals surface area (Å²) < 4.78 is 0. The molecule has 6 heteroatoms. The van der Waals surface area contributed by atoms with Gasteiger partial charge in [-0.25, -0.2) is 5.43 Å². The first-order valence-electron chi connectivity index (χ1n) is 9.01. The third-order valence-corrected chi connectivity index (χ3v) is 4.25. The van der Waals surface area contributed by atoms with Crippen molar-refractivity contribution in [1.82, 2.24) is 5.43 Å². The maximum absolute atomic E-state index is 12.0. The van der Waals surface area contributed by atoms with Crippen molar-refractivity contribution in [2.75, 3.05) is 23.3 Å². The molecule has 0 bridgehead atoms. The molecule has 2 rings (SSSR count). The SMILES string of the molecule is CCN(CC)c1ccc(/C=N/NC(=O)C(=O)Nc2cc(C)ccc2C)cc1. The zero-order valence-electron chi connectivity index (χ0n) is 16.2. The van der Waals surface area contributed by atoms with E-state index in [1.54, 1.807) is 0 Å². The highest BCUT2D eigenvalue weighted by Crippen LogP contribution is 2.16. The molecule has 2 aromatic carbocycles. The first-order chi connectivity index (χ1) is 12.9. The summed E-state index contributed by atoms with van der Waals surface area (Å²) in [6, 6.07) is 13.5. The molecule has 2 N–H and O–H groups in total. The minimum atomic E-state index is -0.813. The summed E-state index contributed by atoms with van der Waals surface area (Å²) in [5, 5.41) is 6.46. The van der Waals surface area contributed by atoms with Crippen LogP contribution in [0.15, 0.2) is 47.6 Å². The van der Waals surface area contributed by atoms with Crippen molar-refractivity contribution >= 4 is 29.4 Å². The third kappa shape index (κ3) is 5.67. The Labute approximate surface area is 160 Å². The number of nitrogens with one attached hydrogen (secondary N) is 2. The van der Waals surface area contributed by atoms with Crippen LogP contribution in [0.4, 0.5) is 11.4 Å². The minimum Gasteiger partial charge on any atom is -0.372 e. The highest BCUT2D eigenvalue weighted by atomic mass is 16.2. The normalized spacial score (nSPS) is 10.7. The van der Waals surface area contributed by atoms with Crippen molar-refractivity contribution in [2.24, 2.45) is 5.10 Å². The van der Waals surface area contributed by atoms with E-state index in [-0.39, 0.29) is 0 Å². The van der Waals surface area contributed by atoms with Gasteiger partial charge in [-0.2, -0.15) is 5.10 Å². The molecule has 27 heavy (non-hydrogen) atoms. The van der Waals surface area contributed by atoms with Gasteiger partial charge in [0.05, 0.1) is 6.21 Å². The Balaban J connectivity index is 1.92. The van der Waals surface area contributed by atoms with Gasteiger partial charge in [-0.3, -0.25) is 9.59 Å². The predicted molar refractivity (Wildman–Crippen MR) is 110 cm³/mol. The van der Waals surface area contributed by atoms with Crippen LogP contribution in [0.2, 0.25) is 0 Å². The second kappa shape index (κ2) is 9.52. The molecule has 0 aliphatic rings. The lowest BCUT2D eigenvalue weighted by Crippen LogP contribution is -2.32. The van der Waals surface area contributed by atoms with Crippen LogP contribution in [0.3, 0.4) is 0 Å². The molecule has 2 amide bonds. The summed E-state index contributed by atoms with van der Waals surface area (Å²) in [5.41, 5.74) is 6.73. The van der Waals surface area contributed by atoms with Crippen LogP contribution < -0.4 is 15.6 Å². The standard InChI is InChI=1S/C21H26N4O2/c1-5-25(6-2)18-11-9-17(10-12-18)14-22-24-21(27)20(26)23-19-13-15(3)7-8-16(19)4/h7-14H,5-6H2,1-4H3,(H,23,26)(H,24,27)/b22-14+. The van der Waals surface area contributed by atoms with Crippen molar-refractivity contribution in [3.05, 3.63) is 59.2 Å². The number of anilines is 2. The lowest BCUT2D eigenvalue weighted by molar-refractivity contribution is -0.136. The Bertz CT molecular complexity index is 825. The summed E-state index contributed by atoms with van der Waals surface area (Å²) in [7, 11) is 0. The van der Waals surface area contributed by atoms with Crippen molar-refractivity contribution in [3.8, 4) is 0 Å². The fraction of sp³-hybridized carbons (Fsp3) is 0.286. The molecule has 0 aliphatic heterocycles. The maximum atomic E-state index is 12.0. The van der Waals surface area contributed by atoms with Crippen LogP contribution in [-0.4, -0.2) is 31.1 Å². The summed E-state index contributed by atoms with van der Waals surface area (Å²) in [5.74, 6) is -1.57. The average molecular weight is 366 g/mol. The molecule has 0 aromatic heterocycles. The molecule has 0 atom stereocenters. The molecular weight excluding hydrogens is 340 g/mol. The van der Waals surface area contributed by atoms with Gasteiger partial charge in [0.25, 0.3) is 0 Å². The number of aryl methyl sites for hydroxylation is 2. The van der Waals surface area contributed by atoms with Gasteiger partial charge < -0.3 is 10.2 Å². The topological polar surface area (TPSA) is 73.8 Å². The Morgan fingerprint density at radius 1 is 1.00 bits per heavy atom. The number of carbonyl (C=O) groups excluding carboxylic acids is 2. The molecule has 6 nitrogen and oxygen atoms in total. The van der Waals surface area contributed by atoms with Gasteiger partial charge in [0, 0.05) is 24.5 Å². The van der Waals surface area contributed by atoms with Gasteiger partial charge in [-0.15, -0.1) is 0 Å². The number of benzene rings is 2. The smallest absolute Gasteiger partial charge is 0.329 e. The van der Waals surface area contributed by atoms with Crippen molar-refractivity contribution in [3.63, 3.8) is 0 Å². The van der Waals surface area contributed by atoms with E-state index in [0.29, 0.717) is 5.69 Å². The fourth-order valence-electron chi connectivity index (χ4n) is 2.63. The second-order valence-corrected chi connectivity index (χ2v) is 6.24. The highest BCUT2D eigenvalue weighted by molar-refractivity contribution is 6.39. The molecule has 2 aromatic rings. The van der Waals surface area contributed by atoms with Gasteiger partial charge in [0.2, 0.25) is 0 Å². The number of rotatable bonds is 6. The van der Waals surface area contributed by atoms with Crippen molar-refractivity contribution < 1.29 is 9.59 Å². The minimum absolute atomic E-state index is 0.617. The predicted octanol–water partition coefficient (Wildman–Crippen LogP) is 3.24. The monoisotopic (exact) mass is 366 g/mol. The van der Waals surface area contributed by atoms with Gasteiger partial charge in [-0.05, 0) is 62.6 Å². The molecule has 0 saturated heterocycles. The summed E-state index contributed by atoms with van der Waals surface area (Å²) >= 11 is 0. The quantitative estimate of drug-likeness (QED) is 0.468. The maximum Gasteiger partial charge on any atom is 0.329 e. The van der Waals surface area contributed by atoms with E-state index in [9.17, 15) is 9.59 Å². The lowest BCUT2D eigenvalue weighted by atomic mass is 10.1. The van der Waals surface area contributed by atoms with E-state index in [1.165, 1.54) is 6.21 Å². The van der Waals surface area contributed by atoms with Gasteiger partial charge in [-0.1, -0.05) is 24.3 Å². The first kappa shape index (κ1) is 20.2. The van der Waals surface area contributed by atoms with Gasteiger partial charge in [0.15, 0.2) is 0 Å². The zero-order valence-corrected chi connectivity index (χ0v) is 16.2. The van der Waals surface area contributed by atoms with E-state index < -0.39 is 11.8 Å². The van der Waals surface area contributed by atoms with Crippen LogP contribution in [0.25, 0.3) is 0 Å². The third-order valence-electron chi connectivity index (χ3n) is 4.25. The van der Waals surface area contributed by atoms with Crippen molar-refractivity contribution in [1.29, 1.82) is 0 Å². The fourth-order valence-corrected chi connectivity index (χ4v) is 2.63. The van der Waals surface area contributed by atoms with Gasteiger partial charge in [0.1, 0.15) is 0 Å². The lowest BCUT2D eigenvalue weighted by Gasteiger charge is -2.20. The molecular formula is C21H26N4O2. The van der Waals surface area contributed by atoms with E-state index in [0.717, 1.165) is 35.5 Å². The molecule has 0 fully saturated rings. The van der Waals surface area contributed by atoms with E-state index >= 15 is 0 Å². The van der Waals surface area contributed by atoms with E-state index in [2.05, 4.69) is 34.6 Å². The van der Waals surface area contributed by atoms with E-state index in [4.69, 9.17) is 0 Å². The number of hydrogen-bond donors (Lipinski definition) is 2. The first-order valence-corrected chi connectivity index (χ1v) is 9.01. The van der Waals surface area contributed by atoms with Crippen LogP contribution in [0.5, 0.6) is 0 Å². The molecule has 0 unspecified atom stereocenters. The van der Waals surface area contributed by atoms with Crippen LogP contribution in [-0.2, 0) is 9.59 Å². The number of hydrogen-bond acceptors (Lipinski definition) is 4. The number of hydrazone groups is 1. The summed E-state index contributed by atoms with van der Waals surface area (Å²) in [4.78, 5) is 26.1. The molecule has 0 radical (unpaired) electrons. The number of carbonyl (C=O) groups is 2. The van der Waals surface area contributed by atoms with Crippen LogP contribution in [0.1, 0.15) is 30.5 Å².